The Bertz CT molecular complexity index is 564. The zero-order valence-electron chi connectivity index (χ0n) is 12.7. The zero-order chi connectivity index (χ0) is 17.7. The number of pyridine rings is 1. The molecule has 1 rings (SSSR count). The molecule has 0 saturated heterocycles. The van der Waals surface area contributed by atoms with Crippen molar-refractivity contribution in [2.24, 2.45) is 0 Å². The second kappa shape index (κ2) is 7.96. The minimum absolute atomic E-state index is 0.0745. The lowest BCUT2D eigenvalue weighted by Gasteiger charge is -2.30. The Morgan fingerprint density at radius 3 is 2.22 bits per heavy atom. The lowest BCUT2D eigenvalue weighted by Crippen LogP contribution is -2.34. The average Bonchev–Trinajstić information content (AvgIpc) is 2.43. The van der Waals surface area contributed by atoms with E-state index in [4.69, 9.17) is 19.6 Å². The van der Waals surface area contributed by atoms with Crippen LogP contribution in [0.15, 0.2) is 24.4 Å². The molecular weight excluding hydrogens is 346 g/mol. The third-order valence-electron chi connectivity index (χ3n) is 3.46. The molecule has 23 heavy (non-hydrogen) atoms. The van der Waals surface area contributed by atoms with Gasteiger partial charge in [-0.3, -0.25) is 14.1 Å². The van der Waals surface area contributed by atoms with Crippen molar-refractivity contribution in [1.29, 1.82) is 0 Å². The Balaban J connectivity index is 2.52. The third-order valence-corrected chi connectivity index (χ3v) is 7.34. The second-order valence-corrected chi connectivity index (χ2v) is 9.35. The Kier molecular flexibility index (Phi) is 7.07. The minimum Gasteiger partial charge on any atom is -0.367 e. The number of aliphatic hydroxyl groups is 1. The molecule has 0 aliphatic rings. The summed E-state index contributed by atoms with van der Waals surface area (Å²) in [5.74, 6) is 0. The number of rotatable bonds is 9. The molecule has 11 heteroatoms. The first-order valence-electron chi connectivity index (χ1n) is 6.89. The first-order valence-corrected chi connectivity index (χ1v) is 10.1. The summed E-state index contributed by atoms with van der Waals surface area (Å²) in [5, 5.41) is 6.42. The molecular formula is C12H22N2O7P2. The van der Waals surface area contributed by atoms with Gasteiger partial charge < -0.3 is 29.6 Å². The smallest absolute Gasteiger partial charge is 0.367 e. The van der Waals surface area contributed by atoms with Crippen molar-refractivity contribution in [2.45, 2.75) is 24.3 Å². The molecule has 0 saturated carbocycles. The molecule has 132 valence electrons. The van der Waals surface area contributed by atoms with E-state index in [-0.39, 0.29) is 6.54 Å². The van der Waals surface area contributed by atoms with Crippen molar-refractivity contribution in [3.63, 3.8) is 0 Å². The monoisotopic (exact) mass is 368 g/mol. The van der Waals surface area contributed by atoms with Crippen LogP contribution < -0.4 is 0 Å². The fourth-order valence-electron chi connectivity index (χ4n) is 1.99. The van der Waals surface area contributed by atoms with Gasteiger partial charge in [-0.15, -0.1) is 0 Å². The van der Waals surface area contributed by atoms with Gasteiger partial charge in [0.15, 0.2) is 0 Å². The van der Waals surface area contributed by atoms with E-state index in [9.17, 15) is 14.2 Å². The van der Waals surface area contributed by atoms with Crippen molar-refractivity contribution in [1.82, 2.24) is 9.88 Å². The van der Waals surface area contributed by atoms with E-state index < -0.39 is 26.7 Å². The van der Waals surface area contributed by atoms with E-state index in [1.54, 1.807) is 24.2 Å². The average molecular weight is 368 g/mol. The summed E-state index contributed by atoms with van der Waals surface area (Å²) < 4.78 is 22.5. The van der Waals surface area contributed by atoms with Crippen LogP contribution in [0.2, 0.25) is 0 Å². The van der Waals surface area contributed by atoms with Gasteiger partial charge >= 0.3 is 15.2 Å². The van der Waals surface area contributed by atoms with Gasteiger partial charge in [-0.05, 0) is 38.6 Å². The van der Waals surface area contributed by atoms with E-state index in [2.05, 4.69) is 4.98 Å². The van der Waals surface area contributed by atoms with Gasteiger partial charge in [0.25, 0.3) is 5.08 Å². The lowest BCUT2D eigenvalue weighted by atomic mass is 10.2. The predicted molar refractivity (Wildman–Crippen MR) is 83.7 cm³/mol. The van der Waals surface area contributed by atoms with Crippen LogP contribution in [0.1, 0.15) is 18.5 Å². The highest BCUT2D eigenvalue weighted by Gasteiger charge is 2.58. The highest BCUT2D eigenvalue weighted by molar-refractivity contribution is 7.72. The number of nitrogens with zero attached hydrogens (tertiary/aromatic N) is 2. The summed E-state index contributed by atoms with van der Waals surface area (Å²) in [4.78, 5) is 42.0. The first kappa shape index (κ1) is 20.4. The summed E-state index contributed by atoms with van der Waals surface area (Å²) in [6.07, 6.45) is 2.35. The van der Waals surface area contributed by atoms with Gasteiger partial charge in [0, 0.05) is 24.9 Å². The van der Waals surface area contributed by atoms with Crippen molar-refractivity contribution in [2.75, 3.05) is 20.1 Å². The van der Waals surface area contributed by atoms with Crippen LogP contribution in [-0.4, -0.2) is 59.8 Å². The molecule has 5 N–H and O–H groups in total. The molecule has 0 aliphatic heterocycles. The number of hydrogen-bond donors (Lipinski definition) is 5. The first-order chi connectivity index (χ1) is 10.5. The number of aromatic nitrogens is 1. The van der Waals surface area contributed by atoms with Crippen LogP contribution in [0.5, 0.6) is 0 Å². The molecule has 0 unspecified atom stereocenters. The summed E-state index contributed by atoms with van der Waals surface area (Å²) in [6, 6.07) is 5.55. The molecule has 0 atom stereocenters. The maximum Gasteiger partial charge on any atom is 0.369 e. The van der Waals surface area contributed by atoms with Crippen LogP contribution in [0.4, 0.5) is 0 Å². The van der Waals surface area contributed by atoms with Crippen LogP contribution in [-0.2, 0) is 15.6 Å². The van der Waals surface area contributed by atoms with Crippen molar-refractivity contribution >= 4 is 15.2 Å². The lowest BCUT2D eigenvalue weighted by molar-refractivity contribution is 0.112. The third kappa shape index (κ3) is 5.74. The molecule has 9 nitrogen and oxygen atoms in total. The fraction of sp³-hybridized carbons (Fsp3) is 0.583. The molecule has 0 aliphatic carbocycles. The Hall–Kier alpha value is -0.630. The highest BCUT2D eigenvalue weighted by atomic mass is 31.2. The normalized spacial score (nSPS) is 13.5. The van der Waals surface area contributed by atoms with Crippen LogP contribution in [0, 0.1) is 0 Å². The molecule has 1 aromatic heterocycles. The highest BCUT2D eigenvalue weighted by Crippen LogP contribution is 2.68. The van der Waals surface area contributed by atoms with E-state index >= 15 is 0 Å². The molecule has 1 heterocycles. The maximum atomic E-state index is 11.2. The molecule has 0 amide bonds. The Labute approximate surface area is 134 Å². The SMILES string of the molecule is CN(CCCc1ccccn1)CCC(O)(P(=O)(O)O)P(=O)(O)O. The molecule has 1 aromatic rings. The van der Waals surface area contributed by atoms with Gasteiger partial charge in [-0.1, -0.05) is 6.07 Å². The van der Waals surface area contributed by atoms with E-state index in [0.717, 1.165) is 5.69 Å². The van der Waals surface area contributed by atoms with Gasteiger partial charge in [-0.25, -0.2) is 0 Å². The van der Waals surface area contributed by atoms with E-state index in [1.807, 2.05) is 12.1 Å². The minimum atomic E-state index is -5.38. The van der Waals surface area contributed by atoms with Crippen LogP contribution in [0.3, 0.4) is 0 Å². The fourth-order valence-corrected chi connectivity index (χ4v) is 4.13. The predicted octanol–water partition coefficient (Wildman–Crippen LogP) is 0.338. The van der Waals surface area contributed by atoms with Crippen LogP contribution in [0.25, 0.3) is 0 Å². The van der Waals surface area contributed by atoms with Crippen molar-refractivity contribution in [3.05, 3.63) is 30.1 Å². The van der Waals surface area contributed by atoms with Gasteiger partial charge in [0.2, 0.25) is 0 Å². The standard InChI is InChI=1S/C12H22N2O7P2/c1-14(9-4-6-11-5-2-3-8-13-11)10-7-12(15,22(16,17)18)23(19,20)21/h2-3,5,8,15H,4,6-7,9-10H2,1H3,(H2,16,17,18)(H2,19,20,21). The van der Waals surface area contributed by atoms with E-state index in [1.165, 1.54) is 0 Å². The Morgan fingerprint density at radius 2 is 1.74 bits per heavy atom. The van der Waals surface area contributed by atoms with E-state index in [0.29, 0.717) is 19.4 Å². The van der Waals surface area contributed by atoms with Gasteiger partial charge in [0.1, 0.15) is 0 Å². The maximum absolute atomic E-state index is 11.2. The second-order valence-electron chi connectivity index (χ2n) is 5.34. The molecule has 0 fully saturated rings. The molecule has 0 aromatic carbocycles. The van der Waals surface area contributed by atoms with Crippen molar-refractivity contribution in [3.8, 4) is 0 Å². The summed E-state index contributed by atoms with van der Waals surface area (Å²) in [5.41, 5.74) is 0.905. The largest absolute Gasteiger partial charge is 0.369 e. The van der Waals surface area contributed by atoms with Crippen LogP contribution >= 0.6 is 15.2 Å². The summed E-state index contributed by atoms with van der Waals surface area (Å²) >= 11 is 0. The molecule has 0 bridgehead atoms. The zero-order valence-corrected chi connectivity index (χ0v) is 14.5. The topological polar surface area (TPSA) is 151 Å². The molecule has 0 radical (unpaired) electrons. The van der Waals surface area contributed by atoms with Crippen molar-refractivity contribution < 1.29 is 33.8 Å². The summed E-state index contributed by atoms with van der Waals surface area (Å²) in [7, 11) is -9.13. The molecule has 0 spiro atoms. The van der Waals surface area contributed by atoms with Gasteiger partial charge in [0.05, 0.1) is 0 Å². The quantitative estimate of drug-likeness (QED) is 0.388. The summed E-state index contributed by atoms with van der Waals surface area (Å²) in [6.45, 7) is 0.448. The Morgan fingerprint density at radius 1 is 1.13 bits per heavy atom. The number of aryl methyl sites for hydroxylation is 1. The van der Waals surface area contributed by atoms with Gasteiger partial charge in [-0.2, -0.15) is 0 Å². The number of hydrogen-bond acceptors (Lipinski definition) is 5.